The second kappa shape index (κ2) is 8.93. The van der Waals surface area contributed by atoms with Gasteiger partial charge in [-0.25, -0.2) is 0 Å². The van der Waals surface area contributed by atoms with Gasteiger partial charge in [-0.1, -0.05) is 25.7 Å². The van der Waals surface area contributed by atoms with Gasteiger partial charge in [0.05, 0.1) is 18.3 Å². The number of furan rings is 1. The van der Waals surface area contributed by atoms with Crippen LogP contribution in [-0.2, 0) is 11.3 Å². The molecular weight excluding hydrogens is 404 g/mol. The zero-order valence-corrected chi connectivity index (χ0v) is 19.3. The van der Waals surface area contributed by atoms with E-state index in [1.54, 1.807) is 6.26 Å². The van der Waals surface area contributed by atoms with Gasteiger partial charge in [0.15, 0.2) is 5.58 Å². The minimum absolute atomic E-state index is 0.0186. The van der Waals surface area contributed by atoms with Crippen molar-refractivity contribution in [1.29, 1.82) is 0 Å². The van der Waals surface area contributed by atoms with Crippen LogP contribution in [0.1, 0.15) is 75.2 Å². The highest BCUT2D eigenvalue weighted by Crippen LogP contribution is 2.33. The highest BCUT2D eigenvalue weighted by molar-refractivity contribution is 6.02. The fraction of sp³-hybridized carbons (Fsp3) is 0.680. The first-order valence-electron chi connectivity index (χ1n) is 12.5. The van der Waals surface area contributed by atoms with Crippen molar-refractivity contribution >= 4 is 22.9 Å². The number of hydrogen-bond donors (Lipinski definition) is 1. The molecular formula is C25H36N4O3. The molecule has 1 aliphatic carbocycles. The molecule has 0 bridgehead atoms. The molecule has 0 radical (unpaired) electrons. The highest BCUT2D eigenvalue weighted by atomic mass is 16.3. The summed E-state index contributed by atoms with van der Waals surface area (Å²) >= 11 is 0. The van der Waals surface area contributed by atoms with Crippen molar-refractivity contribution in [3.8, 4) is 0 Å². The Morgan fingerprint density at radius 3 is 2.62 bits per heavy atom. The molecule has 2 aliphatic heterocycles. The van der Waals surface area contributed by atoms with Crippen molar-refractivity contribution in [2.45, 2.75) is 82.8 Å². The summed E-state index contributed by atoms with van der Waals surface area (Å²) in [5, 5.41) is 3.34. The zero-order valence-electron chi connectivity index (χ0n) is 19.3. The van der Waals surface area contributed by atoms with E-state index in [2.05, 4.69) is 10.2 Å². The van der Waals surface area contributed by atoms with Crippen molar-refractivity contribution in [1.82, 2.24) is 19.7 Å². The van der Waals surface area contributed by atoms with Crippen molar-refractivity contribution in [2.24, 2.45) is 0 Å². The summed E-state index contributed by atoms with van der Waals surface area (Å²) in [7, 11) is 0. The maximum absolute atomic E-state index is 13.7. The predicted octanol–water partition coefficient (Wildman–Crippen LogP) is 3.77. The average molecular weight is 441 g/mol. The smallest absolute Gasteiger partial charge is 0.271 e. The molecule has 3 aliphatic rings. The van der Waals surface area contributed by atoms with Crippen LogP contribution in [-0.4, -0.2) is 63.9 Å². The van der Waals surface area contributed by atoms with Gasteiger partial charge in [0, 0.05) is 24.7 Å². The quantitative estimate of drug-likeness (QED) is 0.694. The van der Waals surface area contributed by atoms with Gasteiger partial charge in [0.1, 0.15) is 11.2 Å². The van der Waals surface area contributed by atoms with Crippen LogP contribution in [0.3, 0.4) is 0 Å². The molecule has 1 saturated heterocycles. The van der Waals surface area contributed by atoms with E-state index in [1.165, 1.54) is 25.7 Å². The molecule has 1 atom stereocenters. The van der Waals surface area contributed by atoms with Crippen LogP contribution >= 0.6 is 0 Å². The first-order valence-corrected chi connectivity index (χ1v) is 12.5. The van der Waals surface area contributed by atoms with Crippen LogP contribution in [0, 0.1) is 0 Å². The normalized spacial score (nSPS) is 25.3. The molecule has 1 unspecified atom stereocenters. The Kier molecular flexibility index (Phi) is 6.01. The van der Waals surface area contributed by atoms with Gasteiger partial charge in [-0.05, 0) is 58.7 Å². The Bertz CT molecular complexity index is 965. The van der Waals surface area contributed by atoms with E-state index in [0.717, 1.165) is 57.3 Å². The molecule has 7 nitrogen and oxygen atoms in total. The Morgan fingerprint density at radius 2 is 1.88 bits per heavy atom. The Balaban J connectivity index is 1.39. The third-order valence-electron chi connectivity index (χ3n) is 7.78. The first-order chi connectivity index (χ1) is 15.6. The van der Waals surface area contributed by atoms with Crippen molar-refractivity contribution < 1.29 is 14.0 Å². The van der Waals surface area contributed by atoms with E-state index in [9.17, 15) is 9.59 Å². The van der Waals surface area contributed by atoms with E-state index in [-0.39, 0.29) is 17.9 Å². The minimum atomic E-state index is -0.912. The van der Waals surface area contributed by atoms with Crippen LogP contribution < -0.4 is 5.32 Å². The fourth-order valence-electron chi connectivity index (χ4n) is 5.85. The van der Waals surface area contributed by atoms with Gasteiger partial charge in [-0.3, -0.25) is 9.59 Å². The summed E-state index contributed by atoms with van der Waals surface area (Å²) in [6, 6.07) is 3.93. The lowest BCUT2D eigenvalue weighted by Gasteiger charge is -2.44. The number of rotatable bonds is 6. The van der Waals surface area contributed by atoms with Crippen LogP contribution in [0.5, 0.6) is 0 Å². The number of fused-ring (bicyclic) bond motifs is 3. The van der Waals surface area contributed by atoms with E-state index in [1.807, 2.05) is 28.5 Å². The second-order valence-electron chi connectivity index (χ2n) is 10.1. The van der Waals surface area contributed by atoms with E-state index in [0.29, 0.717) is 24.4 Å². The molecule has 0 spiro atoms. The number of hydrogen-bond acceptors (Lipinski definition) is 4. The lowest BCUT2D eigenvalue weighted by molar-refractivity contribution is -0.133. The zero-order chi connectivity index (χ0) is 22.1. The molecule has 5 rings (SSSR count). The van der Waals surface area contributed by atoms with Gasteiger partial charge >= 0.3 is 0 Å². The molecule has 2 fully saturated rings. The van der Waals surface area contributed by atoms with E-state index in [4.69, 9.17) is 4.42 Å². The molecule has 1 saturated carbocycles. The lowest BCUT2D eigenvalue weighted by Crippen LogP contribution is -2.65. The number of aromatic nitrogens is 1. The monoisotopic (exact) mass is 440 g/mol. The molecule has 4 heterocycles. The SMILES string of the molecule is CC1(C(=O)NC2CCCCCC2)Cn2c(cc3occc32)C(=O)N1CCCN1CCCC1. The summed E-state index contributed by atoms with van der Waals surface area (Å²) in [4.78, 5) is 31.7. The minimum Gasteiger partial charge on any atom is -0.463 e. The van der Waals surface area contributed by atoms with Crippen molar-refractivity contribution in [3.05, 3.63) is 24.1 Å². The number of carbonyl (C=O) groups excluding carboxylic acids is 2. The Morgan fingerprint density at radius 1 is 1.12 bits per heavy atom. The molecule has 7 heteroatoms. The molecule has 1 N–H and O–H groups in total. The molecule has 2 amide bonds. The summed E-state index contributed by atoms with van der Waals surface area (Å²) in [6.07, 6.45) is 11.9. The van der Waals surface area contributed by atoms with Crippen LogP contribution in [0.15, 0.2) is 22.8 Å². The predicted molar refractivity (Wildman–Crippen MR) is 124 cm³/mol. The molecule has 0 aromatic carbocycles. The Hall–Kier alpha value is -2.28. The third kappa shape index (κ3) is 3.96. The number of carbonyl (C=O) groups is 2. The number of nitrogens with zero attached hydrogens (tertiary/aromatic N) is 3. The number of likely N-dealkylation sites (tertiary alicyclic amines) is 1. The number of amides is 2. The molecule has 2 aromatic heterocycles. The average Bonchev–Trinajstić information content (AvgIpc) is 3.47. The molecule has 2 aromatic rings. The van der Waals surface area contributed by atoms with Crippen LogP contribution in [0.4, 0.5) is 0 Å². The summed E-state index contributed by atoms with van der Waals surface area (Å²) < 4.78 is 7.55. The maximum atomic E-state index is 13.7. The summed E-state index contributed by atoms with van der Waals surface area (Å²) in [5.74, 6) is -0.0856. The summed E-state index contributed by atoms with van der Waals surface area (Å²) in [6.45, 7) is 6.27. The second-order valence-corrected chi connectivity index (χ2v) is 10.1. The van der Waals surface area contributed by atoms with Crippen molar-refractivity contribution in [3.63, 3.8) is 0 Å². The van der Waals surface area contributed by atoms with E-state index < -0.39 is 5.54 Å². The number of nitrogens with one attached hydrogen (secondary N) is 1. The Labute approximate surface area is 190 Å². The van der Waals surface area contributed by atoms with Crippen LogP contribution in [0.2, 0.25) is 0 Å². The van der Waals surface area contributed by atoms with Gasteiger partial charge in [0.25, 0.3) is 5.91 Å². The highest BCUT2D eigenvalue weighted by Gasteiger charge is 2.48. The topological polar surface area (TPSA) is 70.7 Å². The van der Waals surface area contributed by atoms with Gasteiger partial charge in [0.2, 0.25) is 5.91 Å². The largest absolute Gasteiger partial charge is 0.463 e. The van der Waals surface area contributed by atoms with Gasteiger partial charge in [-0.2, -0.15) is 0 Å². The van der Waals surface area contributed by atoms with Crippen molar-refractivity contribution in [2.75, 3.05) is 26.2 Å². The summed E-state index contributed by atoms with van der Waals surface area (Å²) in [5.41, 5.74) is 1.31. The van der Waals surface area contributed by atoms with Gasteiger partial charge < -0.3 is 24.1 Å². The first kappa shape index (κ1) is 21.6. The third-order valence-corrected chi connectivity index (χ3v) is 7.78. The van der Waals surface area contributed by atoms with E-state index >= 15 is 0 Å². The van der Waals surface area contributed by atoms with Gasteiger partial charge in [-0.15, -0.1) is 0 Å². The fourth-order valence-corrected chi connectivity index (χ4v) is 5.85. The van der Waals surface area contributed by atoms with Crippen LogP contribution in [0.25, 0.3) is 11.1 Å². The standard InChI is InChI=1S/C25H36N4O3/c1-25(24(31)26-19-9-4-2-3-5-10-19)18-28-20-11-16-32-22(20)17-21(28)23(30)29(25)15-8-14-27-12-6-7-13-27/h11,16-17,19H,2-10,12-15,18H2,1H3,(H,26,31). The lowest BCUT2D eigenvalue weighted by atomic mass is 9.93. The maximum Gasteiger partial charge on any atom is 0.271 e. The molecule has 32 heavy (non-hydrogen) atoms. The molecule has 174 valence electrons.